The molecule has 0 bridgehead atoms. The Morgan fingerprint density at radius 1 is 1.35 bits per heavy atom. The van der Waals surface area contributed by atoms with Crippen molar-refractivity contribution < 1.29 is 14.3 Å². The first-order valence-corrected chi connectivity index (χ1v) is 6.91. The highest BCUT2D eigenvalue weighted by molar-refractivity contribution is 5.96. The summed E-state index contributed by atoms with van der Waals surface area (Å²) in [5.41, 5.74) is 1.16. The van der Waals surface area contributed by atoms with Crippen molar-refractivity contribution in [3.05, 3.63) is 35.4 Å². The molecule has 4 nitrogen and oxygen atoms in total. The summed E-state index contributed by atoms with van der Waals surface area (Å²) in [5.74, 6) is -0.280. The second-order valence-corrected chi connectivity index (χ2v) is 5.86. The molecule has 1 amide bonds. The van der Waals surface area contributed by atoms with Gasteiger partial charge in [0.2, 0.25) is 0 Å². The van der Waals surface area contributed by atoms with Crippen molar-refractivity contribution in [2.24, 2.45) is 5.41 Å². The Balaban J connectivity index is 2.22. The molecular weight excluding hydrogens is 254 g/mol. The van der Waals surface area contributed by atoms with E-state index in [1.54, 1.807) is 4.90 Å². The van der Waals surface area contributed by atoms with Crippen molar-refractivity contribution >= 4 is 11.9 Å². The molecule has 20 heavy (non-hydrogen) atoms. The largest absolute Gasteiger partial charge is 0.469 e. The predicted octanol–water partition coefficient (Wildman–Crippen LogP) is 2.27. The van der Waals surface area contributed by atoms with Crippen LogP contribution in [0.5, 0.6) is 0 Å². The minimum atomic E-state index is -0.691. The Morgan fingerprint density at radius 2 is 2.05 bits per heavy atom. The van der Waals surface area contributed by atoms with Gasteiger partial charge in [0.1, 0.15) is 0 Å². The van der Waals surface area contributed by atoms with Crippen LogP contribution in [0.3, 0.4) is 0 Å². The average Bonchev–Trinajstić information content (AvgIpc) is 2.58. The highest BCUT2D eigenvalue weighted by atomic mass is 16.5. The Labute approximate surface area is 119 Å². The van der Waals surface area contributed by atoms with Crippen molar-refractivity contribution in [2.75, 3.05) is 20.2 Å². The van der Waals surface area contributed by atoms with Gasteiger partial charge in [0, 0.05) is 18.7 Å². The van der Waals surface area contributed by atoms with Gasteiger partial charge in [-0.2, -0.15) is 0 Å². The standard InChI is InChI=1S/C16H21NO3/c1-16(2,15(19)20-3)11-17-10-6-8-12-7-4-5-9-13(12)14(17)18/h4-5,7,9H,6,8,10-11H2,1-3H3. The van der Waals surface area contributed by atoms with Gasteiger partial charge in [-0.1, -0.05) is 18.2 Å². The van der Waals surface area contributed by atoms with Crippen molar-refractivity contribution in [3.8, 4) is 0 Å². The maximum Gasteiger partial charge on any atom is 0.313 e. The van der Waals surface area contributed by atoms with E-state index in [0.29, 0.717) is 13.1 Å². The van der Waals surface area contributed by atoms with Gasteiger partial charge >= 0.3 is 5.97 Å². The monoisotopic (exact) mass is 275 g/mol. The zero-order valence-electron chi connectivity index (χ0n) is 12.3. The lowest BCUT2D eigenvalue weighted by molar-refractivity contribution is -0.151. The number of nitrogens with zero attached hydrogens (tertiary/aromatic N) is 1. The van der Waals surface area contributed by atoms with Crippen molar-refractivity contribution in [2.45, 2.75) is 26.7 Å². The van der Waals surface area contributed by atoms with Crippen LogP contribution in [0.25, 0.3) is 0 Å². The molecule has 1 heterocycles. The molecule has 2 rings (SSSR count). The SMILES string of the molecule is COC(=O)C(C)(C)CN1CCCc2ccccc2C1=O. The van der Waals surface area contributed by atoms with E-state index in [2.05, 4.69) is 0 Å². The number of methoxy groups -OCH3 is 1. The van der Waals surface area contributed by atoms with E-state index in [1.165, 1.54) is 7.11 Å². The Hall–Kier alpha value is -1.84. The van der Waals surface area contributed by atoms with Crippen LogP contribution in [-0.2, 0) is 16.0 Å². The molecule has 1 aliphatic heterocycles. The number of benzene rings is 1. The second-order valence-electron chi connectivity index (χ2n) is 5.86. The zero-order chi connectivity index (χ0) is 14.8. The molecule has 1 aliphatic rings. The van der Waals surface area contributed by atoms with E-state index in [4.69, 9.17) is 4.74 Å². The quantitative estimate of drug-likeness (QED) is 0.795. The molecule has 0 aliphatic carbocycles. The fourth-order valence-electron chi connectivity index (χ4n) is 2.65. The second kappa shape index (κ2) is 5.65. The summed E-state index contributed by atoms with van der Waals surface area (Å²) in [5, 5.41) is 0. The fraction of sp³-hybridized carbons (Fsp3) is 0.500. The first-order valence-electron chi connectivity index (χ1n) is 6.91. The third-order valence-electron chi connectivity index (χ3n) is 3.73. The first-order chi connectivity index (χ1) is 9.45. The molecule has 0 saturated carbocycles. The molecule has 108 valence electrons. The van der Waals surface area contributed by atoms with Crippen LogP contribution < -0.4 is 0 Å². The molecule has 0 radical (unpaired) electrons. The van der Waals surface area contributed by atoms with Gasteiger partial charge in [-0.3, -0.25) is 9.59 Å². The van der Waals surface area contributed by atoms with E-state index in [1.807, 2.05) is 38.1 Å². The lowest BCUT2D eigenvalue weighted by Crippen LogP contribution is -2.43. The van der Waals surface area contributed by atoms with Gasteiger partial charge in [0.05, 0.1) is 12.5 Å². The van der Waals surface area contributed by atoms with Crippen LogP contribution in [0.2, 0.25) is 0 Å². The Kier molecular flexibility index (Phi) is 4.12. The van der Waals surface area contributed by atoms with Crippen molar-refractivity contribution in [3.63, 3.8) is 0 Å². The normalized spacial score (nSPS) is 15.6. The van der Waals surface area contributed by atoms with Crippen LogP contribution in [0.4, 0.5) is 0 Å². The van der Waals surface area contributed by atoms with E-state index < -0.39 is 5.41 Å². The van der Waals surface area contributed by atoms with E-state index in [-0.39, 0.29) is 11.9 Å². The molecule has 0 saturated heterocycles. The van der Waals surface area contributed by atoms with Gasteiger partial charge in [-0.05, 0) is 38.3 Å². The topological polar surface area (TPSA) is 46.6 Å². The van der Waals surface area contributed by atoms with Gasteiger partial charge in [-0.25, -0.2) is 0 Å². The average molecular weight is 275 g/mol. The van der Waals surface area contributed by atoms with Crippen LogP contribution in [0.15, 0.2) is 24.3 Å². The lowest BCUT2D eigenvalue weighted by Gasteiger charge is -2.30. The summed E-state index contributed by atoms with van der Waals surface area (Å²) in [7, 11) is 1.38. The number of hydrogen-bond donors (Lipinski definition) is 0. The van der Waals surface area contributed by atoms with Gasteiger partial charge in [0.25, 0.3) is 5.91 Å². The molecule has 0 fully saturated rings. The summed E-state index contributed by atoms with van der Waals surface area (Å²) in [6.45, 7) is 4.67. The van der Waals surface area contributed by atoms with Crippen LogP contribution in [-0.4, -0.2) is 37.0 Å². The van der Waals surface area contributed by atoms with E-state index in [0.717, 1.165) is 24.0 Å². The molecule has 1 aromatic carbocycles. The number of esters is 1. The minimum Gasteiger partial charge on any atom is -0.469 e. The van der Waals surface area contributed by atoms with Crippen LogP contribution >= 0.6 is 0 Å². The molecule has 0 aromatic heterocycles. The maximum atomic E-state index is 12.6. The number of carbonyl (C=O) groups excluding carboxylic acids is 2. The molecule has 0 unspecified atom stereocenters. The van der Waals surface area contributed by atoms with Crippen LogP contribution in [0.1, 0.15) is 36.2 Å². The summed E-state index contributed by atoms with van der Waals surface area (Å²) >= 11 is 0. The smallest absolute Gasteiger partial charge is 0.313 e. The van der Waals surface area contributed by atoms with Crippen LogP contribution in [0, 0.1) is 5.41 Å². The zero-order valence-corrected chi connectivity index (χ0v) is 12.3. The number of ether oxygens (including phenoxy) is 1. The van der Waals surface area contributed by atoms with E-state index in [9.17, 15) is 9.59 Å². The predicted molar refractivity (Wildman–Crippen MR) is 76.5 cm³/mol. The minimum absolute atomic E-state index is 0.00933. The van der Waals surface area contributed by atoms with Crippen molar-refractivity contribution in [1.82, 2.24) is 4.90 Å². The number of rotatable bonds is 3. The third kappa shape index (κ3) is 2.84. The molecular formula is C16H21NO3. The fourth-order valence-corrected chi connectivity index (χ4v) is 2.65. The number of hydrogen-bond acceptors (Lipinski definition) is 3. The number of amides is 1. The van der Waals surface area contributed by atoms with Crippen molar-refractivity contribution in [1.29, 1.82) is 0 Å². The summed E-state index contributed by atoms with van der Waals surface area (Å²) in [6.07, 6.45) is 1.82. The van der Waals surface area contributed by atoms with E-state index >= 15 is 0 Å². The Bertz CT molecular complexity index is 522. The molecule has 4 heteroatoms. The maximum absolute atomic E-state index is 12.6. The number of fused-ring (bicyclic) bond motifs is 1. The molecule has 0 spiro atoms. The summed E-state index contributed by atoms with van der Waals surface area (Å²) < 4.78 is 4.82. The highest BCUT2D eigenvalue weighted by Crippen LogP contribution is 2.24. The molecule has 0 atom stereocenters. The lowest BCUT2D eigenvalue weighted by atomic mass is 9.92. The third-order valence-corrected chi connectivity index (χ3v) is 3.73. The first kappa shape index (κ1) is 14.6. The number of aryl methyl sites for hydroxylation is 1. The van der Waals surface area contributed by atoms with Gasteiger partial charge in [0.15, 0.2) is 0 Å². The molecule has 0 N–H and O–H groups in total. The number of carbonyl (C=O) groups is 2. The summed E-state index contributed by atoms with van der Waals surface area (Å²) in [6, 6.07) is 7.70. The summed E-state index contributed by atoms with van der Waals surface area (Å²) in [4.78, 5) is 26.2. The highest BCUT2D eigenvalue weighted by Gasteiger charge is 2.34. The Morgan fingerprint density at radius 3 is 2.75 bits per heavy atom. The van der Waals surface area contributed by atoms with Gasteiger partial charge in [-0.15, -0.1) is 0 Å². The van der Waals surface area contributed by atoms with Gasteiger partial charge < -0.3 is 9.64 Å². The molecule has 1 aromatic rings.